The highest BCUT2D eigenvalue weighted by Gasteiger charge is 2.02. The molecule has 0 bridgehead atoms. The number of hydrogen-bond acceptors (Lipinski definition) is 3. The van der Waals surface area contributed by atoms with Crippen molar-refractivity contribution in [2.45, 2.75) is 6.92 Å². The molecule has 2 aromatic rings. The normalized spacial score (nSPS) is 10.1. The van der Waals surface area contributed by atoms with E-state index in [1.807, 2.05) is 19.1 Å². The summed E-state index contributed by atoms with van der Waals surface area (Å²) in [5.41, 5.74) is 1.54. The van der Waals surface area contributed by atoms with E-state index in [1.54, 1.807) is 6.07 Å². The molecule has 0 amide bonds. The fraction of sp³-hybridized carbons (Fsp3) is 0.100. The summed E-state index contributed by atoms with van der Waals surface area (Å²) in [6.45, 7) is 1.88. The first-order valence-electron chi connectivity index (χ1n) is 4.17. The smallest absolute Gasteiger partial charge is 0.178 e. The molecule has 2 rings (SSSR count). The van der Waals surface area contributed by atoms with Gasteiger partial charge in [0.05, 0.1) is 12.4 Å². The van der Waals surface area contributed by atoms with E-state index in [0.29, 0.717) is 11.5 Å². The summed E-state index contributed by atoms with van der Waals surface area (Å²) in [5, 5.41) is 0. The fourth-order valence-corrected chi connectivity index (χ4v) is 1.11. The minimum absolute atomic E-state index is 0.440. The Morgan fingerprint density at radius 1 is 1.14 bits per heavy atom. The number of halogens is 1. The maximum atomic E-state index is 12.5. The lowest BCUT2D eigenvalue weighted by Gasteiger charge is -1.98. The molecule has 0 saturated carbocycles. The number of aromatic nitrogens is 3. The Hall–Kier alpha value is -1.84. The standard InChI is InChI=1S/C10H8FN3/c1-7-3-2-4-9(14-7)10-12-5-8(11)6-13-10/h2-6H,1H3. The monoisotopic (exact) mass is 189 g/mol. The second-order valence-electron chi connectivity index (χ2n) is 2.89. The molecule has 4 heteroatoms. The van der Waals surface area contributed by atoms with Crippen LogP contribution >= 0.6 is 0 Å². The van der Waals surface area contributed by atoms with E-state index < -0.39 is 5.82 Å². The Balaban J connectivity index is 2.44. The van der Waals surface area contributed by atoms with Crippen LogP contribution in [0, 0.1) is 12.7 Å². The molecule has 3 nitrogen and oxygen atoms in total. The van der Waals surface area contributed by atoms with Crippen molar-refractivity contribution in [1.82, 2.24) is 15.0 Å². The quantitative estimate of drug-likeness (QED) is 0.688. The third-order valence-corrected chi connectivity index (χ3v) is 1.74. The van der Waals surface area contributed by atoms with Gasteiger partial charge in [-0.2, -0.15) is 0 Å². The minimum Gasteiger partial charge on any atom is -0.250 e. The van der Waals surface area contributed by atoms with E-state index in [2.05, 4.69) is 15.0 Å². The summed E-state index contributed by atoms with van der Waals surface area (Å²) in [4.78, 5) is 11.9. The number of aryl methyl sites for hydroxylation is 1. The van der Waals surface area contributed by atoms with Crippen LogP contribution in [0.5, 0.6) is 0 Å². The molecule has 0 saturated heterocycles. The Bertz CT molecular complexity index is 439. The summed E-state index contributed by atoms with van der Waals surface area (Å²) in [6, 6.07) is 5.54. The summed E-state index contributed by atoms with van der Waals surface area (Å²) < 4.78 is 12.5. The van der Waals surface area contributed by atoms with Crippen LogP contribution in [0.2, 0.25) is 0 Å². The van der Waals surface area contributed by atoms with Crippen LogP contribution in [0.3, 0.4) is 0 Å². The molecule has 0 unspecified atom stereocenters. The molecule has 0 spiro atoms. The summed E-state index contributed by atoms with van der Waals surface area (Å²) in [7, 11) is 0. The van der Waals surface area contributed by atoms with Gasteiger partial charge >= 0.3 is 0 Å². The van der Waals surface area contributed by atoms with E-state index in [9.17, 15) is 4.39 Å². The van der Waals surface area contributed by atoms with Crippen molar-refractivity contribution in [2.24, 2.45) is 0 Å². The summed E-state index contributed by atoms with van der Waals surface area (Å²) in [5.74, 6) is -0.00324. The largest absolute Gasteiger partial charge is 0.250 e. The molecule has 0 radical (unpaired) electrons. The summed E-state index contributed by atoms with van der Waals surface area (Å²) >= 11 is 0. The topological polar surface area (TPSA) is 38.7 Å². The molecule has 0 aliphatic rings. The first-order valence-corrected chi connectivity index (χ1v) is 4.17. The van der Waals surface area contributed by atoms with Gasteiger partial charge in [-0.15, -0.1) is 0 Å². The van der Waals surface area contributed by atoms with Crippen LogP contribution in [0.15, 0.2) is 30.6 Å². The molecule has 70 valence electrons. The van der Waals surface area contributed by atoms with Crippen molar-refractivity contribution in [3.63, 3.8) is 0 Å². The van der Waals surface area contributed by atoms with Crippen molar-refractivity contribution in [2.75, 3.05) is 0 Å². The third kappa shape index (κ3) is 1.74. The highest BCUT2D eigenvalue weighted by Crippen LogP contribution is 2.10. The molecule has 0 aliphatic heterocycles. The zero-order chi connectivity index (χ0) is 9.97. The minimum atomic E-state index is -0.443. The van der Waals surface area contributed by atoms with Crippen LogP contribution in [-0.2, 0) is 0 Å². The van der Waals surface area contributed by atoms with Crippen molar-refractivity contribution < 1.29 is 4.39 Å². The highest BCUT2D eigenvalue weighted by molar-refractivity contribution is 5.48. The number of hydrogen-bond donors (Lipinski definition) is 0. The van der Waals surface area contributed by atoms with E-state index in [-0.39, 0.29) is 0 Å². The second-order valence-corrected chi connectivity index (χ2v) is 2.89. The molecule has 0 atom stereocenters. The van der Waals surface area contributed by atoms with Gasteiger partial charge in [0.1, 0.15) is 5.69 Å². The third-order valence-electron chi connectivity index (χ3n) is 1.74. The van der Waals surface area contributed by atoms with Gasteiger partial charge in [-0.05, 0) is 19.1 Å². The van der Waals surface area contributed by atoms with Crippen molar-refractivity contribution in [1.29, 1.82) is 0 Å². The van der Waals surface area contributed by atoms with Crippen LogP contribution in [0.1, 0.15) is 5.69 Å². The number of pyridine rings is 1. The SMILES string of the molecule is Cc1cccc(-c2ncc(F)cn2)n1. The molecule has 0 fully saturated rings. The molecule has 0 aliphatic carbocycles. The van der Waals surface area contributed by atoms with Gasteiger partial charge in [0.2, 0.25) is 0 Å². The maximum absolute atomic E-state index is 12.5. The van der Waals surface area contributed by atoms with E-state index in [0.717, 1.165) is 18.1 Å². The average molecular weight is 189 g/mol. The Kier molecular flexibility index (Phi) is 2.18. The van der Waals surface area contributed by atoms with Crippen LogP contribution in [0.4, 0.5) is 4.39 Å². The second kappa shape index (κ2) is 3.49. The Labute approximate surface area is 80.7 Å². The van der Waals surface area contributed by atoms with Gasteiger partial charge in [0, 0.05) is 5.69 Å². The number of rotatable bonds is 1. The lowest BCUT2D eigenvalue weighted by molar-refractivity contribution is 0.614. The first-order chi connectivity index (χ1) is 6.75. The van der Waals surface area contributed by atoms with Crippen LogP contribution < -0.4 is 0 Å². The predicted octanol–water partition coefficient (Wildman–Crippen LogP) is 1.99. The maximum Gasteiger partial charge on any atom is 0.178 e. The van der Waals surface area contributed by atoms with Crippen molar-refractivity contribution in [3.05, 3.63) is 42.1 Å². The fourth-order valence-electron chi connectivity index (χ4n) is 1.11. The van der Waals surface area contributed by atoms with Crippen LogP contribution in [-0.4, -0.2) is 15.0 Å². The molecule has 2 heterocycles. The molecular formula is C10H8FN3. The van der Waals surface area contributed by atoms with Gasteiger partial charge in [-0.3, -0.25) is 0 Å². The molecule has 0 aromatic carbocycles. The molecule has 14 heavy (non-hydrogen) atoms. The van der Waals surface area contributed by atoms with Gasteiger partial charge in [0.25, 0.3) is 0 Å². The van der Waals surface area contributed by atoms with Crippen molar-refractivity contribution >= 4 is 0 Å². The Morgan fingerprint density at radius 2 is 1.86 bits per heavy atom. The van der Waals surface area contributed by atoms with Gasteiger partial charge in [0.15, 0.2) is 11.6 Å². The van der Waals surface area contributed by atoms with Crippen LogP contribution in [0.25, 0.3) is 11.5 Å². The van der Waals surface area contributed by atoms with Gasteiger partial charge in [-0.25, -0.2) is 19.3 Å². The lowest BCUT2D eigenvalue weighted by Crippen LogP contribution is -1.93. The van der Waals surface area contributed by atoms with E-state index >= 15 is 0 Å². The van der Waals surface area contributed by atoms with E-state index in [1.165, 1.54) is 0 Å². The average Bonchev–Trinajstić information content (AvgIpc) is 2.19. The van der Waals surface area contributed by atoms with Gasteiger partial charge < -0.3 is 0 Å². The lowest BCUT2D eigenvalue weighted by atomic mass is 10.3. The number of nitrogens with zero attached hydrogens (tertiary/aromatic N) is 3. The highest BCUT2D eigenvalue weighted by atomic mass is 19.1. The predicted molar refractivity (Wildman–Crippen MR) is 50.0 cm³/mol. The molecular weight excluding hydrogens is 181 g/mol. The zero-order valence-electron chi connectivity index (χ0n) is 7.61. The summed E-state index contributed by atoms with van der Waals surface area (Å²) in [6.07, 6.45) is 2.26. The first kappa shape index (κ1) is 8.74. The van der Waals surface area contributed by atoms with E-state index in [4.69, 9.17) is 0 Å². The van der Waals surface area contributed by atoms with Crippen molar-refractivity contribution in [3.8, 4) is 11.5 Å². The Morgan fingerprint density at radius 3 is 2.50 bits per heavy atom. The molecule has 2 aromatic heterocycles. The van der Waals surface area contributed by atoms with Gasteiger partial charge in [-0.1, -0.05) is 6.07 Å². The molecule has 0 N–H and O–H groups in total. The zero-order valence-corrected chi connectivity index (χ0v) is 7.61.